The van der Waals surface area contributed by atoms with Gasteiger partial charge in [-0.15, -0.1) is 0 Å². The maximum atomic E-state index is 5.47. The lowest BCUT2D eigenvalue weighted by Crippen LogP contribution is -2.66. The Morgan fingerprint density at radius 1 is 1.42 bits per heavy atom. The average Bonchev–Trinajstić information content (AvgIpc) is 1.89. The van der Waals surface area contributed by atoms with Crippen molar-refractivity contribution in [2.75, 3.05) is 32.8 Å². The molecule has 0 atom stereocenters. The normalized spacial score (nSPS) is 31.5. The molecule has 0 unspecified atom stereocenters. The van der Waals surface area contributed by atoms with Crippen LogP contribution in [0.5, 0.6) is 0 Å². The lowest BCUT2D eigenvalue weighted by Gasteiger charge is -2.49. The monoisotopic (exact) mass is 170 g/mol. The van der Waals surface area contributed by atoms with Crippen LogP contribution in [0.2, 0.25) is 0 Å². The average molecular weight is 170 g/mol. The second kappa shape index (κ2) is 2.98. The minimum absolute atomic E-state index is 0.241. The molecule has 2 rings (SSSR count). The molecule has 2 aliphatic heterocycles. The van der Waals surface area contributed by atoms with Crippen LogP contribution < -0.4 is 5.32 Å². The molecule has 2 saturated heterocycles. The lowest BCUT2D eigenvalue weighted by molar-refractivity contribution is -0.0808. The summed E-state index contributed by atoms with van der Waals surface area (Å²) in [6, 6.07) is 0.754. The van der Waals surface area contributed by atoms with Gasteiger partial charge in [0.2, 0.25) is 0 Å². The van der Waals surface area contributed by atoms with E-state index >= 15 is 0 Å². The van der Waals surface area contributed by atoms with E-state index in [0.717, 1.165) is 38.9 Å². The SMILES string of the molecule is CC1(C)COCCN1C1CNC1. The highest BCUT2D eigenvalue weighted by Gasteiger charge is 2.37. The van der Waals surface area contributed by atoms with Gasteiger partial charge in [0.15, 0.2) is 0 Å². The molecule has 3 nitrogen and oxygen atoms in total. The van der Waals surface area contributed by atoms with E-state index in [1.165, 1.54) is 0 Å². The minimum Gasteiger partial charge on any atom is -0.378 e. The first-order valence-electron chi connectivity index (χ1n) is 4.75. The number of hydrogen-bond donors (Lipinski definition) is 1. The molecule has 2 heterocycles. The standard InChI is InChI=1S/C9H18N2O/c1-9(2)7-12-4-3-11(9)8-5-10-6-8/h8,10H,3-7H2,1-2H3. The van der Waals surface area contributed by atoms with Crippen molar-refractivity contribution in [3.63, 3.8) is 0 Å². The van der Waals surface area contributed by atoms with Gasteiger partial charge in [0.25, 0.3) is 0 Å². The van der Waals surface area contributed by atoms with Gasteiger partial charge in [0.1, 0.15) is 0 Å². The smallest absolute Gasteiger partial charge is 0.0645 e. The quantitative estimate of drug-likeness (QED) is 0.602. The van der Waals surface area contributed by atoms with Crippen LogP contribution in [-0.4, -0.2) is 49.3 Å². The van der Waals surface area contributed by atoms with E-state index in [1.807, 2.05) is 0 Å². The van der Waals surface area contributed by atoms with Gasteiger partial charge in [0, 0.05) is 31.2 Å². The highest BCUT2D eigenvalue weighted by atomic mass is 16.5. The van der Waals surface area contributed by atoms with Crippen molar-refractivity contribution in [3.05, 3.63) is 0 Å². The molecule has 0 amide bonds. The van der Waals surface area contributed by atoms with E-state index in [2.05, 4.69) is 24.1 Å². The predicted molar refractivity (Wildman–Crippen MR) is 48.3 cm³/mol. The fourth-order valence-corrected chi connectivity index (χ4v) is 2.04. The van der Waals surface area contributed by atoms with Crippen LogP contribution in [0, 0.1) is 0 Å². The van der Waals surface area contributed by atoms with Gasteiger partial charge >= 0.3 is 0 Å². The van der Waals surface area contributed by atoms with E-state index in [9.17, 15) is 0 Å². The van der Waals surface area contributed by atoms with Crippen LogP contribution in [-0.2, 0) is 4.74 Å². The largest absolute Gasteiger partial charge is 0.378 e. The van der Waals surface area contributed by atoms with Gasteiger partial charge in [-0.3, -0.25) is 4.90 Å². The fourth-order valence-electron chi connectivity index (χ4n) is 2.04. The third-order valence-electron chi connectivity index (χ3n) is 2.91. The van der Waals surface area contributed by atoms with Crippen LogP contribution in [0.1, 0.15) is 13.8 Å². The summed E-state index contributed by atoms with van der Waals surface area (Å²) in [7, 11) is 0. The maximum absolute atomic E-state index is 5.47. The maximum Gasteiger partial charge on any atom is 0.0645 e. The van der Waals surface area contributed by atoms with Gasteiger partial charge in [-0.05, 0) is 13.8 Å². The summed E-state index contributed by atoms with van der Waals surface area (Å²) < 4.78 is 5.47. The summed E-state index contributed by atoms with van der Waals surface area (Å²) in [5.74, 6) is 0. The van der Waals surface area contributed by atoms with E-state index in [0.29, 0.717) is 0 Å². The molecular formula is C9H18N2O. The summed E-state index contributed by atoms with van der Waals surface area (Å²) in [6.07, 6.45) is 0. The molecule has 0 aromatic rings. The molecule has 0 radical (unpaired) electrons. The number of hydrogen-bond acceptors (Lipinski definition) is 3. The van der Waals surface area contributed by atoms with Crippen LogP contribution >= 0.6 is 0 Å². The molecule has 0 aromatic heterocycles. The van der Waals surface area contributed by atoms with Gasteiger partial charge < -0.3 is 10.1 Å². The third kappa shape index (κ3) is 1.37. The molecular weight excluding hydrogens is 152 g/mol. The van der Waals surface area contributed by atoms with E-state index < -0.39 is 0 Å². The molecule has 12 heavy (non-hydrogen) atoms. The third-order valence-corrected chi connectivity index (χ3v) is 2.91. The summed E-state index contributed by atoms with van der Waals surface area (Å²) in [5.41, 5.74) is 0.241. The minimum atomic E-state index is 0.241. The van der Waals surface area contributed by atoms with Crippen molar-refractivity contribution in [3.8, 4) is 0 Å². The van der Waals surface area contributed by atoms with Crippen molar-refractivity contribution in [2.24, 2.45) is 0 Å². The highest BCUT2D eigenvalue weighted by molar-refractivity contribution is 4.94. The summed E-state index contributed by atoms with van der Waals surface area (Å²) in [4.78, 5) is 2.58. The lowest BCUT2D eigenvalue weighted by atomic mass is 9.97. The van der Waals surface area contributed by atoms with Crippen LogP contribution in [0.15, 0.2) is 0 Å². The Bertz CT molecular complexity index is 166. The molecule has 2 aliphatic rings. The molecule has 0 spiro atoms. The van der Waals surface area contributed by atoms with Crippen molar-refractivity contribution >= 4 is 0 Å². The highest BCUT2D eigenvalue weighted by Crippen LogP contribution is 2.23. The Morgan fingerprint density at radius 2 is 2.17 bits per heavy atom. The summed E-state index contributed by atoms with van der Waals surface area (Å²) in [5, 5.41) is 3.31. The number of ether oxygens (including phenoxy) is 1. The van der Waals surface area contributed by atoms with Crippen molar-refractivity contribution in [1.29, 1.82) is 0 Å². The molecule has 70 valence electrons. The van der Waals surface area contributed by atoms with Gasteiger partial charge in [-0.2, -0.15) is 0 Å². The Balaban J connectivity index is 2.00. The van der Waals surface area contributed by atoms with Crippen LogP contribution in [0.25, 0.3) is 0 Å². The zero-order valence-electron chi connectivity index (χ0n) is 7.97. The first-order chi connectivity index (χ1) is 5.70. The number of morpholine rings is 1. The Morgan fingerprint density at radius 3 is 2.67 bits per heavy atom. The summed E-state index contributed by atoms with van der Waals surface area (Å²) >= 11 is 0. The van der Waals surface area contributed by atoms with Crippen LogP contribution in [0.3, 0.4) is 0 Å². The zero-order valence-corrected chi connectivity index (χ0v) is 7.97. The van der Waals surface area contributed by atoms with E-state index in [-0.39, 0.29) is 5.54 Å². The van der Waals surface area contributed by atoms with Crippen molar-refractivity contribution < 1.29 is 4.74 Å². The van der Waals surface area contributed by atoms with Gasteiger partial charge in [-0.1, -0.05) is 0 Å². The van der Waals surface area contributed by atoms with E-state index in [1.54, 1.807) is 0 Å². The molecule has 3 heteroatoms. The predicted octanol–water partition coefficient (Wildman–Crippen LogP) is 0.0690. The van der Waals surface area contributed by atoms with Crippen LogP contribution in [0.4, 0.5) is 0 Å². The summed E-state index contributed by atoms with van der Waals surface area (Å²) in [6.45, 7) is 9.73. The first-order valence-corrected chi connectivity index (χ1v) is 4.75. The topological polar surface area (TPSA) is 24.5 Å². The second-order valence-electron chi connectivity index (χ2n) is 4.37. The molecule has 1 N–H and O–H groups in total. The Kier molecular flexibility index (Phi) is 2.10. The Hall–Kier alpha value is -0.120. The van der Waals surface area contributed by atoms with Crippen molar-refractivity contribution in [2.45, 2.75) is 25.4 Å². The molecule has 0 bridgehead atoms. The zero-order chi connectivity index (χ0) is 8.60. The van der Waals surface area contributed by atoms with Crippen molar-refractivity contribution in [1.82, 2.24) is 10.2 Å². The molecule has 0 saturated carbocycles. The second-order valence-corrected chi connectivity index (χ2v) is 4.37. The molecule has 0 aliphatic carbocycles. The fraction of sp³-hybridized carbons (Fsp3) is 1.00. The number of rotatable bonds is 1. The number of nitrogens with one attached hydrogen (secondary N) is 1. The van der Waals surface area contributed by atoms with E-state index in [4.69, 9.17) is 4.74 Å². The number of nitrogens with zero attached hydrogens (tertiary/aromatic N) is 1. The molecule has 2 fully saturated rings. The first kappa shape index (κ1) is 8.48. The van der Waals surface area contributed by atoms with Gasteiger partial charge in [0.05, 0.1) is 13.2 Å². The molecule has 0 aromatic carbocycles. The van der Waals surface area contributed by atoms with Gasteiger partial charge in [-0.25, -0.2) is 0 Å². The Labute approximate surface area is 74.1 Å².